The molecule has 0 aliphatic rings. The van der Waals surface area contributed by atoms with Gasteiger partial charge in [-0.1, -0.05) is 51.1 Å². The fourth-order valence-electron chi connectivity index (χ4n) is 2.84. The summed E-state index contributed by atoms with van der Waals surface area (Å²) < 4.78 is 1.86. The summed E-state index contributed by atoms with van der Waals surface area (Å²) >= 11 is 0. The fraction of sp³-hybridized carbons (Fsp3) is 0.190. The van der Waals surface area contributed by atoms with E-state index in [2.05, 4.69) is 54.4 Å². The van der Waals surface area contributed by atoms with Crippen molar-refractivity contribution in [3.63, 3.8) is 0 Å². The predicted octanol–water partition coefficient (Wildman–Crippen LogP) is 4.83. The van der Waals surface area contributed by atoms with Crippen molar-refractivity contribution in [3.8, 4) is 11.1 Å². The summed E-state index contributed by atoms with van der Waals surface area (Å²) in [5, 5.41) is 8.04. The summed E-state index contributed by atoms with van der Waals surface area (Å²) in [7, 11) is 0. The van der Waals surface area contributed by atoms with E-state index < -0.39 is 0 Å². The van der Waals surface area contributed by atoms with Gasteiger partial charge in [-0.25, -0.2) is 4.98 Å². The van der Waals surface area contributed by atoms with Gasteiger partial charge in [-0.2, -0.15) is 9.61 Å². The summed E-state index contributed by atoms with van der Waals surface area (Å²) in [6, 6.07) is 16.2. The molecule has 0 atom stereocenters. The summed E-state index contributed by atoms with van der Waals surface area (Å²) in [5.74, 6) is 0.883. The van der Waals surface area contributed by atoms with Crippen LogP contribution in [0.4, 0.5) is 11.5 Å². The number of aromatic nitrogens is 4. The maximum Gasteiger partial charge on any atom is 0.165 e. The van der Waals surface area contributed by atoms with E-state index in [0.29, 0.717) is 0 Å². The molecular weight excluding hydrogens is 322 g/mol. The Hall–Kier alpha value is -3.21. The van der Waals surface area contributed by atoms with Crippen LogP contribution >= 0.6 is 0 Å². The van der Waals surface area contributed by atoms with Gasteiger partial charge in [0.2, 0.25) is 0 Å². The van der Waals surface area contributed by atoms with Crippen molar-refractivity contribution < 1.29 is 0 Å². The fourth-order valence-corrected chi connectivity index (χ4v) is 2.84. The maximum atomic E-state index is 4.93. The minimum absolute atomic E-state index is 0.0748. The molecule has 0 radical (unpaired) electrons. The molecule has 130 valence electrons. The van der Waals surface area contributed by atoms with Gasteiger partial charge in [0.25, 0.3) is 0 Å². The van der Waals surface area contributed by atoms with E-state index in [-0.39, 0.29) is 5.41 Å². The highest BCUT2D eigenvalue weighted by atomic mass is 15.3. The number of rotatable bonds is 3. The van der Waals surface area contributed by atoms with E-state index in [9.17, 15) is 0 Å². The summed E-state index contributed by atoms with van der Waals surface area (Å²) in [5.41, 5.74) is 4.88. The second-order valence-corrected chi connectivity index (χ2v) is 7.30. The second-order valence-electron chi connectivity index (χ2n) is 7.30. The molecule has 0 bridgehead atoms. The van der Waals surface area contributed by atoms with E-state index >= 15 is 0 Å². The molecule has 0 fully saturated rings. The minimum atomic E-state index is -0.0748. The van der Waals surface area contributed by atoms with E-state index in [1.54, 1.807) is 12.4 Å². The lowest BCUT2D eigenvalue weighted by Crippen LogP contribution is -2.16. The van der Waals surface area contributed by atoms with Crippen LogP contribution in [0, 0.1) is 0 Å². The minimum Gasteiger partial charge on any atom is -0.340 e. The van der Waals surface area contributed by atoms with E-state index in [0.717, 1.165) is 34.0 Å². The van der Waals surface area contributed by atoms with E-state index in [1.807, 2.05) is 41.0 Å². The van der Waals surface area contributed by atoms with Gasteiger partial charge >= 0.3 is 0 Å². The highest BCUT2D eigenvalue weighted by molar-refractivity contribution is 5.78. The molecule has 4 rings (SSSR count). The SMILES string of the molecule is CC(C)(C)c1cc(Nc2ccncc2)n2ncc(-c3ccccc3)c2n1. The van der Waals surface area contributed by atoms with Gasteiger partial charge in [-0.3, -0.25) is 4.98 Å². The van der Waals surface area contributed by atoms with Gasteiger partial charge in [0.05, 0.1) is 11.9 Å². The van der Waals surface area contributed by atoms with Crippen LogP contribution in [-0.2, 0) is 5.41 Å². The summed E-state index contributed by atoms with van der Waals surface area (Å²) in [4.78, 5) is 9.01. The molecule has 0 spiro atoms. The number of anilines is 2. The Morgan fingerprint density at radius 3 is 2.38 bits per heavy atom. The van der Waals surface area contributed by atoms with Crippen molar-refractivity contribution >= 4 is 17.2 Å². The molecule has 5 heteroatoms. The first-order valence-electron chi connectivity index (χ1n) is 8.64. The molecule has 0 saturated heterocycles. The van der Waals surface area contributed by atoms with Crippen LogP contribution < -0.4 is 5.32 Å². The van der Waals surface area contributed by atoms with E-state index in [1.165, 1.54) is 0 Å². The third-order valence-electron chi connectivity index (χ3n) is 4.28. The molecule has 26 heavy (non-hydrogen) atoms. The molecule has 0 aliphatic carbocycles. The van der Waals surface area contributed by atoms with Crippen LogP contribution in [0.2, 0.25) is 0 Å². The number of nitrogens with zero attached hydrogens (tertiary/aromatic N) is 4. The smallest absolute Gasteiger partial charge is 0.165 e. The molecule has 3 aromatic heterocycles. The van der Waals surface area contributed by atoms with Crippen molar-refractivity contribution in [2.24, 2.45) is 0 Å². The lowest BCUT2D eigenvalue weighted by molar-refractivity contribution is 0.569. The lowest BCUT2D eigenvalue weighted by atomic mass is 9.92. The van der Waals surface area contributed by atoms with E-state index in [4.69, 9.17) is 4.98 Å². The van der Waals surface area contributed by atoms with Crippen LogP contribution in [0.1, 0.15) is 26.5 Å². The van der Waals surface area contributed by atoms with Crippen molar-refractivity contribution in [1.29, 1.82) is 0 Å². The Morgan fingerprint density at radius 2 is 1.69 bits per heavy atom. The van der Waals surface area contributed by atoms with Crippen molar-refractivity contribution in [3.05, 3.63) is 72.8 Å². The average Bonchev–Trinajstić information content (AvgIpc) is 3.07. The first-order valence-corrected chi connectivity index (χ1v) is 8.64. The van der Waals surface area contributed by atoms with Crippen molar-refractivity contribution in [2.75, 3.05) is 5.32 Å². The molecule has 0 unspecified atom stereocenters. The van der Waals surface area contributed by atoms with Gasteiger partial charge in [0.15, 0.2) is 5.65 Å². The zero-order chi connectivity index (χ0) is 18.1. The van der Waals surface area contributed by atoms with Gasteiger partial charge in [0.1, 0.15) is 5.82 Å². The quantitative estimate of drug-likeness (QED) is 0.579. The number of benzene rings is 1. The van der Waals surface area contributed by atoms with Crippen molar-refractivity contribution in [2.45, 2.75) is 26.2 Å². The maximum absolute atomic E-state index is 4.93. The molecule has 5 nitrogen and oxygen atoms in total. The van der Waals surface area contributed by atoms with Crippen LogP contribution in [0.25, 0.3) is 16.8 Å². The first-order chi connectivity index (χ1) is 12.5. The number of hydrogen-bond donors (Lipinski definition) is 1. The van der Waals surface area contributed by atoms with Crippen LogP contribution in [0.5, 0.6) is 0 Å². The Labute approximate surface area is 152 Å². The van der Waals surface area contributed by atoms with Crippen molar-refractivity contribution in [1.82, 2.24) is 19.6 Å². The highest BCUT2D eigenvalue weighted by Gasteiger charge is 2.20. The number of pyridine rings is 1. The standard InChI is InChI=1S/C21H21N5/c1-21(2,3)18-13-19(24-16-9-11-22-12-10-16)26-20(25-18)17(14-23-26)15-7-5-4-6-8-15/h4-14H,1-3H3,(H,22,24). The molecule has 0 saturated carbocycles. The monoisotopic (exact) mass is 343 g/mol. The van der Waals surface area contributed by atoms with Gasteiger partial charge in [-0.05, 0) is 17.7 Å². The van der Waals surface area contributed by atoms with Crippen LogP contribution in [-0.4, -0.2) is 19.6 Å². The zero-order valence-corrected chi connectivity index (χ0v) is 15.1. The first kappa shape index (κ1) is 16.3. The molecular formula is C21H21N5. The average molecular weight is 343 g/mol. The lowest BCUT2D eigenvalue weighted by Gasteiger charge is -2.20. The number of nitrogens with one attached hydrogen (secondary N) is 1. The zero-order valence-electron chi connectivity index (χ0n) is 15.1. The third kappa shape index (κ3) is 3.04. The largest absolute Gasteiger partial charge is 0.340 e. The molecule has 0 aliphatic heterocycles. The highest BCUT2D eigenvalue weighted by Crippen LogP contribution is 2.30. The molecule has 4 aromatic rings. The predicted molar refractivity (Wildman–Crippen MR) is 105 cm³/mol. The molecule has 1 N–H and O–H groups in total. The summed E-state index contributed by atoms with van der Waals surface area (Å²) in [6.07, 6.45) is 5.41. The third-order valence-corrected chi connectivity index (χ3v) is 4.28. The van der Waals surface area contributed by atoms with Crippen LogP contribution in [0.3, 0.4) is 0 Å². The summed E-state index contributed by atoms with van der Waals surface area (Å²) in [6.45, 7) is 6.50. The number of hydrogen-bond acceptors (Lipinski definition) is 4. The van der Waals surface area contributed by atoms with Crippen LogP contribution in [0.15, 0.2) is 67.1 Å². The number of fused-ring (bicyclic) bond motifs is 1. The van der Waals surface area contributed by atoms with Gasteiger partial charge in [-0.15, -0.1) is 0 Å². The van der Waals surface area contributed by atoms with Gasteiger partial charge in [0, 0.05) is 35.1 Å². The Bertz CT molecular complexity index is 1030. The molecule has 1 aromatic carbocycles. The normalized spacial score (nSPS) is 11.7. The Morgan fingerprint density at radius 1 is 0.962 bits per heavy atom. The Balaban J connectivity index is 1.92. The molecule has 3 heterocycles. The Kier molecular flexibility index (Phi) is 3.92. The second kappa shape index (κ2) is 6.26. The molecule has 0 amide bonds. The topological polar surface area (TPSA) is 55.1 Å². The van der Waals surface area contributed by atoms with Gasteiger partial charge < -0.3 is 5.32 Å².